The Morgan fingerprint density at radius 2 is 1.92 bits per heavy atom. The minimum absolute atomic E-state index is 0.112. The van der Waals surface area contributed by atoms with Gasteiger partial charge in [0, 0.05) is 27.4 Å². The number of rotatable bonds is 6. The van der Waals surface area contributed by atoms with Gasteiger partial charge in [-0.15, -0.1) is 0 Å². The Kier molecular flexibility index (Phi) is 6.32. The normalized spacial score (nSPS) is 11.4. The molecule has 0 fully saturated rings. The highest BCUT2D eigenvalue weighted by Gasteiger charge is 2.16. The molecule has 0 atom stereocenters. The van der Waals surface area contributed by atoms with Gasteiger partial charge in [-0.3, -0.25) is 4.79 Å². The van der Waals surface area contributed by atoms with Crippen LogP contribution < -0.4 is 5.32 Å². The summed E-state index contributed by atoms with van der Waals surface area (Å²) in [6.07, 6.45) is 0. The maximum absolute atomic E-state index is 12.8. The molecule has 1 aromatic heterocycles. The van der Waals surface area contributed by atoms with Crippen molar-refractivity contribution in [1.29, 1.82) is 0 Å². The van der Waals surface area contributed by atoms with Crippen LogP contribution in [0.25, 0.3) is 21.8 Å². The van der Waals surface area contributed by atoms with E-state index in [0.29, 0.717) is 22.6 Å². The Hall–Kier alpha value is -1.44. The molecular formula is C20H21ClIN3O. The highest BCUT2D eigenvalue weighted by molar-refractivity contribution is 14.1. The van der Waals surface area contributed by atoms with Gasteiger partial charge in [0.25, 0.3) is 5.91 Å². The lowest BCUT2D eigenvalue weighted by Crippen LogP contribution is -2.34. The van der Waals surface area contributed by atoms with E-state index in [9.17, 15) is 4.79 Å². The molecule has 136 valence electrons. The fraction of sp³-hybridized carbons (Fsp3) is 0.300. The van der Waals surface area contributed by atoms with Gasteiger partial charge in [-0.25, -0.2) is 4.98 Å². The van der Waals surface area contributed by atoms with Crippen LogP contribution in [0.2, 0.25) is 5.02 Å². The minimum Gasteiger partial charge on any atom is -0.351 e. The van der Waals surface area contributed by atoms with Crippen LogP contribution in [0, 0.1) is 3.57 Å². The first kappa shape index (κ1) is 19.3. The number of nitrogens with zero attached hydrogens (tertiary/aromatic N) is 2. The number of hydrogen-bond acceptors (Lipinski definition) is 3. The summed E-state index contributed by atoms with van der Waals surface area (Å²) in [5, 5.41) is 5.37. The number of carbonyl (C=O) groups excluding carboxylic acids is 1. The predicted molar refractivity (Wildman–Crippen MR) is 117 cm³/mol. The van der Waals surface area contributed by atoms with E-state index in [1.165, 1.54) is 0 Å². The van der Waals surface area contributed by atoms with Crippen molar-refractivity contribution >= 4 is 61.9 Å². The van der Waals surface area contributed by atoms with E-state index >= 15 is 0 Å². The largest absolute Gasteiger partial charge is 0.351 e. The first-order valence-corrected chi connectivity index (χ1v) is 10.2. The van der Waals surface area contributed by atoms with Crippen molar-refractivity contribution in [1.82, 2.24) is 15.2 Å². The first-order valence-electron chi connectivity index (χ1n) is 8.73. The molecule has 0 spiro atoms. The summed E-state index contributed by atoms with van der Waals surface area (Å²) in [4.78, 5) is 19.8. The highest BCUT2D eigenvalue weighted by Crippen LogP contribution is 2.33. The van der Waals surface area contributed by atoms with Crippen LogP contribution in [0.3, 0.4) is 0 Å². The summed E-state index contributed by atoms with van der Waals surface area (Å²) < 4.78 is 0.961. The maximum atomic E-state index is 12.8. The minimum atomic E-state index is -0.112. The van der Waals surface area contributed by atoms with Crippen molar-refractivity contribution in [3.8, 4) is 0 Å². The summed E-state index contributed by atoms with van der Waals surface area (Å²) >= 11 is 8.84. The lowest BCUT2D eigenvalue weighted by atomic mass is 10.1. The third-order valence-electron chi connectivity index (χ3n) is 4.54. The van der Waals surface area contributed by atoms with Crippen molar-refractivity contribution < 1.29 is 4.79 Å². The Morgan fingerprint density at radius 1 is 1.19 bits per heavy atom. The number of aromatic nitrogens is 1. The lowest BCUT2D eigenvalue weighted by molar-refractivity contribution is 0.0950. The number of fused-ring (bicyclic) bond motifs is 2. The van der Waals surface area contributed by atoms with Gasteiger partial charge in [-0.1, -0.05) is 43.6 Å². The van der Waals surface area contributed by atoms with Crippen molar-refractivity contribution in [3.63, 3.8) is 0 Å². The summed E-state index contributed by atoms with van der Waals surface area (Å²) in [6.45, 7) is 7.63. The fourth-order valence-electron chi connectivity index (χ4n) is 3.04. The van der Waals surface area contributed by atoms with Gasteiger partial charge in [-0.05, 0) is 53.9 Å². The smallest absolute Gasteiger partial charge is 0.253 e. The molecule has 0 aliphatic heterocycles. The van der Waals surface area contributed by atoms with E-state index in [4.69, 9.17) is 16.6 Å². The van der Waals surface area contributed by atoms with Crippen LogP contribution >= 0.6 is 34.2 Å². The zero-order chi connectivity index (χ0) is 18.7. The molecule has 1 heterocycles. The fourth-order valence-corrected chi connectivity index (χ4v) is 3.97. The number of nitrogens with one attached hydrogen (secondary N) is 1. The zero-order valence-electron chi connectivity index (χ0n) is 14.9. The molecule has 0 aliphatic carbocycles. The maximum Gasteiger partial charge on any atom is 0.253 e. The van der Waals surface area contributed by atoms with Gasteiger partial charge in [-0.2, -0.15) is 0 Å². The Morgan fingerprint density at radius 3 is 2.65 bits per heavy atom. The van der Waals surface area contributed by atoms with E-state index < -0.39 is 0 Å². The number of hydrogen-bond donors (Lipinski definition) is 1. The molecule has 2 aromatic carbocycles. The van der Waals surface area contributed by atoms with Crippen molar-refractivity contribution in [2.75, 3.05) is 26.2 Å². The molecule has 0 radical (unpaired) electrons. The van der Waals surface area contributed by atoms with E-state index in [1.807, 2.05) is 36.4 Å². The molecule has 0 saturated carbocycles. The van der Waals surface area contributed by atoms with Gasteiger partial charge in [0.05, 0.1) is 21.6 Å². The van der Waals surface area contributed by atoms with Crippen LogP contribution in [-0.2, 0) is 0 Å². The van der Waals surface area contributed by atoms with Crippen LogP contribution in [0.1, 0.15) is 24.2 Å². The molecule has 26 heavy (non-hydrogen) atoms. The first-order chi connectivity index (χ1) is 12.5. The SMILES string of the molecule is CCN(CC)CCNC(=O)c1cc(I)cc2c(Cl)c3ccccc3nc12. The van der Waals surface area contributed by atoms with Crippen LogP contribution in [-0.4, -0.2) is 42.0 Å². The molecule has 3 rings (SSSR count). The summed E-state index contributed by atoms with van der Waals surface area (Å²) in [5.41, 5.74) is 2.01. The van der Waals surface area contributed by atoms with Gasteiger partial charge in [0.15, 0.2) is 0 Å². The highest BCUT2D eigenvalue weighted by atomic mass is 127. The van der Waals surface area contributed by atoms with E-state index in [2.05, 4.69) is 46.7 Å². The molecular weight excluding hydrogens is 461 g/mol. The summed E-state index contributed by atoms with van der Waals surface area (Å²) in [5.74, 6) is -0.112. The molecule has 0 saturated heterocycles. The summed E-state index contributed by atoms with van der Waals surface area (Å²) in [7, 11) is 0. The Labute approximate surface area is 172 Å². The van der Waals surface area contributed by atoms with Crippen LogP contribution in [0.5, 0.6) is 0 Å². The average molecular weight is 482 g/mol. The molecule has 4 nitrogen and oxygen atoms in total. The number of carbonyl (C=O) groups is 1. The molecule has 1 N–H and O–H groups in total. The number of halogens is 2. The molecule has 0 unspecified atom stereocenters. The number of amides is 1. The van der Waals surface area contributed by atoms with E-state index in [-0.39, 0.29) is 5.91 Å². The second-order valence-corrected chi connectivity index (χ2v) is 7.70. The average Bonchev–Trinajstić information content (AvgIpc) is 2.65. The summed E-state index contributed by atoms with van der Waals surface area (Å²) in [6, 6.07) is 11.6. The van der Waals surface area contributed by atoms with Crippen molar-refractivity contribution in [2.45, 2.75) is 13.8 Å². The predicted octanol–water partition coefficient (Wildman–Crippen LogP) is 4.72. The number of para-hydroxylation sites is 1. The third-order valence-corrected chi connectivity index (χ3v) is 5.57. The second kappa shape index (κ2) is 8.50. The number of benzene rings is 2. The van der Waals surface area contributed by atoms with Crippen LogP contribution in [0.15, 0.2) is 36.4 Å². The third kappa shape index (κ3) is 3.94. The Balaban J connectivity index is 1.98. The molecule has 6 heteroatoms. The standard InChI is InChI=1S/C20H21ClIN3O/c1-3-25(4-2)10-9-23-20(26)16-12-13(22)11-15-18(21)14-7-5-6-8-17(14)24-19(15)16/h5-8,11-12H,3-4,9-10H2,1-2H3,(H,23,26). The monoisotopic (exact) mass is 481 g/mol. The molecule has 0 bridgehead atoms. The molecule has 3 aromatic rings. The van der Waals surface area contributed by atoms with Gasteiger partial charge in [0.2, 0.25) is 0 Å². The number of likely N-dealkylation sites (N-methyl/N-ethyl adjacent to an activating group) is 1. The van der Waals surface area contributed by atoms with Crippen LogP contribution in [0.4, 0.5) is 0 Å². The second-order valence-electron chi connectivity index (χ2n) is 6.08. The van der Waals surface area contributed by atoms with Gasteiger partial charge < -0.3 is 10.2 Å². The van der Waals surface area contributed by atoms with Crippen molar-refractivity contribution in [2.24, 2.45) is 0 Å². The lowest BCUT2D eigenvalue weighted by Gasteiger charge is -2.18. The Bertz CT molecular complexity index is 957. The zero-order valence-corrected chi connectivity index (χ0v) is 17.8. The molecule has 1 amide bonds. The van der Waals surface area contributed by atoms with Gasteiger partial charge in [0.1, 0.15) is 0 Å². The van der Waals surface area contributed by atoms with E-state index in [0.717, 1.165) is 39.5 Å². The topological polar surface area (TPSA) is 45.2 Å². The van der Waals surface area contributed by atoms with Crippen molar-refractivity contribution in [3.05, 3.63) is 50.6 Å². The number of pyridine rings is 1. The van der Waals surface area contributed by atoms with E-state index in [1.54, 1.807) is 0 Å². The van der Waals surface area contributed by atoms with Gasteiger partial charge >= 0.3 is 0 Å². The molecule has 0 aliphatic rings. The quantitative estimate of drug-likeness (QED) is 0.409.